The van der Waals surface area contributed by atoms with E-state index in [2.05, 4.69) is 10.2 Å². The van der Waals surface area contributed by atoms with Gasteiger partial charge in [-0.05, 0) is 25.0 Å². The quantitative estimate of drug-likeness (QED) is 0.934. The molecule has 5 nitrogen and oxygen atoms in total. The smallest absolute Gasteiger partial charge is 0.321 e. The first kappa shape index (κ1) is 15.2. The van der Waals surface area contributed by atoms with Crippen molar-refractivity contribution in [2.45, 2.75) is 31.7 Å². The first-order valence-electron chi connectivity index (χ1n) is 8.20. The number of rotatable bonds is 3. The second-order valence-electron chi connectivity index (χ2n) is 6.12. The number of ether oxygens (including phenoxy) is 1. The van der Waals surface area contributed by atoms with Crippen molar-refractivity contribution in [3.05, 3.63) is 24.3 Å². The fourth-order valence-corrected chi connectivity index (χ4v) is 3.46. The van der Waals surface area contributed by atoms with Crippen LogP contribution in [0.1, 0.15) is 25.7 Å². The molecule has 1 aromatic carbocycles. The van der Waals surface area contributed by atoms with Crippen molar-refractivity contribution in [3.8, 4) is 5.75 Å². The maximum absolute atomic E-state index is 12.4. The van der Waals surface area contributed by atoms with Gasteiger partial charge in [-0.15, -0.1) is 0 Å². The summed E-state index contributed by atoms with van der Waals surface area (Å²) in [6.07, 6.45) is 5.38. The van der Waals surface area contributed by atoms with E-state index >= 15 is 0 Å². The molecule has 0 aromatic heterocycles. The predicted molar refractivity (Wildman–Crippen MR) is 87.4 cm³/mol. The number of amides is 2. The minimum Gasteiger partial charge on any atom is -0.497 e. The Bertz CT molecular complexity index is 506. The summed E-state index contributed by atoms with van der Waals surface area (Å²) in [5.41, 5.74) is 0.780. The molecule has 3 rings (SSSR count). The fourth-order valence-electron chi connectivity index (χ4n) is 3.46. The minimum absolute atomic E-state index is 0.0145. The molecule has 1 aromatic rings. The summed E-state index contributed by atoms with van der Waals surface area (Å²) in [7, 11) is 1.63. The van der Waals surface area contributed by atoms with Gasteiger partial charge in [-0.25, -0.2) is 4.79 Å². The van der Waals surface area contributed by atoms with Crippen LogP contribution in [-0.2, 0) is 0 Å². The highest BCUT2D eigenvalue weighted by Crippen LogP contribution is 2.24. The second kappa shape index (κ2) is 7.01. The van der Waals surface area contributed by atoms with E-state index in [1.807, 2.05) is 29.2 Å². The maximum atomic E-state index is 12.4. The lowest BCUT2D eigenvalue weighted by Crippen LogP contribution is -2.52. The molecular weight excluding hydrogens is 278 g/mol. The Balaban J connectivity index is 1.51. The van der Waals surface area contributed by atoms with Crippen molar-refractivity contribution in [1.29, 1.82) is 0 Å². The SMILES string of the molecule is COc1cccc(NC(=O)N2CCN(C3CCCC3)CC2)c1. The van der Waals surface area contributed by atoms with Crippen LogP contribution in [-0.4, -0.2) is 55.2 Å². The van der Waals surface area contributed by atoms with Crippen molar-refractivity contribution in [2.75, 3.05) is 38.6 Å². The van der Waals surface area contributed by atoms with E-state index in [-0.39, 0.29) is 6.03 Å². The van der Waals surface area contributed by atoms with E-state index in [9.17, 15) is 4.79 Å². The molecule has 1 N–H and O–H groups in total. The molecule has 5 heteroatoms. The van der Waals surface area contributed by atoms with Gasteiger partial charge in [0.2, 0.25) is 0 Å². The van der Waals surface area contributed by atoms with Crippen LogP contribution < -0.4 is 10.1 Å². The Hall–Kier alpha value is -1.75. The number of anilines is 1. The first-order chi connectivity index (χ1) is 10.8. The molecule has 1 saturated carbocycles. The van der Waals surface area contributed by atoms with Gasteiger partial charge in [-0.1, -0.05) is 18.9 Å². The molecule has 0 radical (unpaired) electrons. The summed E-state index contributed by atoms with van der Waals surface area (Å²) >= 11 is 0. The number of urea groups is 1. The monoisotopic (exact) mass is 303 g/mol. The topological polar surface area (TPSA) is 44.8 Å². The molecule has 1 saturated heterocycles. The van der Waals surface area contributed by atoms with E-state index < -0.39 is 0 Å². The van der Waals surface area contributed by atoms with Crippen LogP contribution in [0.15, 0.2) is 24.3 Å². The van der Waals surface area contributed by atoms with Gasteiger partial charge in [0.25, 0.3) is 0 Å². The summed E-state index contributed by atoms with van der Waals surface area (Å²) in [5, 5.41) is 2.96. The number of nitrogens with one attached hydrogen (secondary N) is 1. The standard InChI is InChI=1S/C17H25N3O2/c1-22-16-8-4-5-14(13-16)18-17(21)20-11-9-19(10-12-20)15-6-2-3-7-15/h4-5,8,13,15H,2-3,6-7,9-12H2,1H3,(H,18,21). The average Bonchev–Trinajstić information content (AvgIpc) is 3.09. The first-order valence-corrected chi connectivity index (χ1v) is 8.20. The van der Waals surface area contributed by atoms with Gasteiger partial charge in [0.05, 0.1) is 7.11 Å². The van der Waals surface area contributed by atoms with Gasteiger partial charge < -0.3 is 15.0 Å². The molecule has 0 spiro atoms. The van der Waals surface area contributed by atoms with Crippen molar-refractivity contribution in [1.82, 2.24) is 9.80 Å². The van der Waals surface area contributed by atoms with Crippen LogP contribution in [0.5, 0.6) is 5.75 Å². The highest BCUT2D eigenvalue weighted by Gasteiger charge is 2.27. The Kier molecular flexibility index (Phi) is 4.83. The van der Waals surface area contributed by atoms with E-state index in [1.54, 1.807) is 7.11 Å². The molecule has 2 aliphatic rings. The van der Waals surface area contributed by atoms with E-state index in [0.29, 0.717) is 0 Å². The second-order valence-corrected chi connectivity index (χ2v) is 6.12. The summed E-state index contributed by atoms with van der Waals surface area (Å²) < 4.78 is 5.18. The molecule has 120 valence electrons. The van der Waals surface area contributed by atoms with Gasteiger partial charge in [0.15, 0.2) is 0 Å². The normalized spacial score (nSPS) is 20.1. The van der Waals surface area contributed by atoms with Crippen LogP contribution in [0.4, 0.5) is 10.5 Å². The maximum Gasteiger partial charge on any atom is 0.321 e. The molecule has 0 unspecified atom stereocenters. The zero-order chi connectivity index (χ0) is 15.4. The van der Waals surface area contributed by atoms with Crippen molar-refractivity contribution in [2.24, 2.45) is 0 Å². The lowest BCUT2D eigenvalue weighted by atomic mass is 10.2. The molecule has 2 fully saturated rings. The number of methoxy groups -OCH3 is 1. The van der Waals surface area contributed by atoms with Gasteiger partial charge in [-0.3, -0.25) is 4.90 Å². The minimum atomic E-state index is -0.0145. The van der Waals surface area contributed by atoms with Crippen LogP contribution in [0.2, 0.25) is 0 Å². The largest absolute Gasteiger partial charge is 0.497 e. The Morgan fingerprint density at radius 1 is 1.18 bits per heavy atom. The van der Waals surface area contributed by atoms with Crippen molar-refractivity contribution < 1.29 is 9.53 Å². The van der Waals surface area contributed by atoms with Crippen LogP contribution >= 0.6 is 0 Å². The van der Waals surface area contributed by atoms with E-state index in [0.717, 1.165) is 43.7 Å². The highest BCUT2D eigenvalue weighted by molar-refractivity contribution is 5.89. The summed E-state index contributed by atoms with van der Waals surface area (Å²) in [6.45, 7) is 3.62. The molecule has 0 atom stereocenters. The zero-order valence-electron chi connectivity index (χ0n) is 13.3. The number of benzene rings is 1. The van der Waals surface area contributed by atoms with E-state index in [1.165, 1.54) is 25.7 Å². The third kappa shape index (κ3) is 3.53. The Morgan fingerprint density at radius 3 is 2.59 bits per heavy atom. The lowest BCUT2D eigenvalue weighted by molar-refractivity contribution is 0.115. The highest BCUT2D eigenvalue weighted by atomic mass is 16.5. The third-order valence-electron chi connectivity index (χ3n) is 4.76. The third-order valence-corrected chi connectivity index (χ3v) is 4.76. The van der Waals surface area contributed by atoms with Crippen LogP contribution in [0, 0.1) is 0 Å². The summed E-state index contributed by atoms with van der Waals surface area (Å²) in [5.74, 6) is 0.754. The Labute approximate surface area is 132 Å². The number of hydrogen-bond donors (Lipinski definition) is 1. The van der Waals surface area contributed by atoms with Gasteiger partial charge >= 0.3 is 6.03 Å². The molecule has 1 aliphatic heterocycles. The number of carbonyl (C=O) groups excluding carboxylic acids is 1. The molecular formula is C17H25N3O2. The summed E-state index contributed by atoms with van der Waals surface area (Å²) in [4.78, 5) is 16.8. The number of piperazine rings is 1. The van der Waals surface area contributed by atoms with Crippen molar-refractivity contribution in [3.63, 3.8) is 0 Å². The van der Waals surface area contributed by atoms with E-state index in [4.69, 9.17) is 4.74 Å². The molecule has 2 amide bonds. The molecule has 22 heavy (non-hydrogen) atoms. The average molecular weight is 303 g/mol. The number of carbonyl (C=O) groups is 1. The Morgan fingerprint density at radius 2 is 1.91 bits per heavy atom. The number of hydrogen-bond acceptors (Lipinski definition) is 3. The predicted octanol–water partition coefficient (Wildman–Crippen LogP) is 2.79. The number of nitrogens with zero attached hydrogens (tertiary/aromatic N) is 2. The van der Waals surface area contributed by atoms with Crippen LogP contribution in [0.3, 0.4) is 0 Å². The van der Waals surface area contributed by atoms with Crippen LogP contribution in [0.25, 0.3) is 0 Å². The lowest BCUT2D eigenvalue weighted by Gasteiger charge is -2.38. The van der Waals surface area contributed by atoms with Gasteiger partial charge in [0.1, 0.15) is 5.75 Å². The van der Waals surface area contributed by atoms with Gasteiger partial charge in [-0.2, -0.15) is 0 Å². The summed E-state index contributed by atoms with van der Waals surface area (Å²) in [6, 6.07) is 8.22. The fraction of sp³-hybridized carbons (Fsp3) is 0.588. The molecule has 0 bridgehead atoms. The van der Waals surface area contributed by atoms with Crippen molar-refractivity contribution >= 4 is 11.7 Å². The molecule has 1 heterocycles. The van der Waals surface area contributed by atoms with Gasteiger partial charge in [0, 0.05) is 44.0 Å². The zero-order valence-corrected chi connectivity index (χ0v) is 13.3. The molecule has 1 aliphatic carbocycles.